The first-order valence-corrected chi connectivity index (χ1v) is 7.50. The third-order valence-electron chi connectivity index (χ3n) is 2.16. The predicted molar refractivity (Wildman–Crippen MR) is 72.6 cm³/mol. The van der Waals surface area contributed by atoms with Gasteiger partial charge in [-0.15, -0.1) is 6.58 Å². The number of methoxy groups -OCH3 is 1. The van der Waals surface area contributed by atoms with Crippen molar-refractivity contribution in [3.05, 3.63) is 42.5 Å². The predicted octanol–water partition coefficient (Wildman–Crippen LogP) is 1.74. The van der Waals surface area contributed by atoms with Crippen LogP contribution in [0.3, 0.4) is 0 Å². The fourth-order valence-electron chi connectivity index (χ4n) is 1.44. The average Bonchev–Trinajstić information content (AvgIpc) is 2.30. The Balaban J connectivity index is 2.70. The molecule has 1 unspecified atom stereocenters. The van der Waals surface area contributed by atoms with Crippen LogP contribution in [0, 0.1) is 0 Å². The molecule has 0 fully saturated rings. The Hall–Kier alpha value is -1.37. The second-order valence-electron chi connectivity index (χ2n) is 3.94. The fraction of sp³-hybridized carbons (Fsp3) is 0.385. The molecule has 0 aliphatic rings. The normalized spacial score (nSPS) is 12.9. The van der Waals surface area contributed by atoms with Crippen LogP contribution in [0.15, 0.2) is 36.9 Å². The maximum atomic E-state index is 11.1. The minimum Gasteiger partial charge on any atom is -0.461 e. The maximum Gasteiger partial charge on any atom is 0.267 e. The maximum absolute atomic E-state index is 11.1. The largest absolute Gasteiger partial charge is 0.461 e. The van der Waals surface area contributed by atoms with Gasteiger partial charge in [0, 0.05) is 7.11 Å². The van der Waals surface area contributed by atoms with Gasteiger partial charge in [-0.1, -0.05) is 18.2 Å². The van der Waals surface area contributed by atoms with Crippen LogP contribution in [0.25, 0.3) is 0 Å². The van der Waals surface area contributed by atoms with Crippen molar-refractivity contribution in [1.82, 2.24) is 0 Å². The third-order valence-corrected chi connectivity index (χ3v) is 2.72. The quantitative estimate of drug-likeness (QED) is 0.414. The van der Waals surface area contributed by atoms with Crippen LogP contribution in [0.4, 0.5) is 0 Å². The van der Waals surface area contributed by atoms with Crippen molar-refractivity contribution in [2.24, 2.45) is 0 Å². The average molecular weight is 286 g/mol. The van der Waals surface area contributed by atoms with Crippen molar-refractivity contribution in [2.45, 2.75) is 12.7 Å². The second kappa shape index (κ2) is 7.28. The van der Waals surface area contributed by atoms with Crippen LogP contribution in [0.2, 0.25) is 0 Å². The molecule has 0 aliphatic heterocycles. The molecule has 0 amide bonds. The SMILES string of the molecule is C=CCc1ccc(OC(COC)OS(C)(=O)=O)cc1. The van der Waals surface area contributed by atoms with E-state index in [0.29, 0.717) is 5.75 Å². The summed E-state index contributed by atoms with van der Waals surface area (Å²) in [6.45, 7) is 3.67. The van der Waals surface area contributed by atoms with Crippen LogP contribution in [0.5, 0.6) is 5.75 Å². The summed E-state index contributed by atoms with van der Waals surface area (Å²) in [6, 6.07) is 7.24. The van der Waals surface area contributed by atoms with Crippen molar-refractivity contribution in [1.29, 1.82) is 0 Å². The Morgan fingerprint density at radius 2 is 1.95 bits per heavy atom. The lowest BCUT2D eigenvalue weighted by atomic mass is 10.1. The van der Waals surface area contributed by atoms with E-state index in [-0.39, 0.29) is 6.61 Å². The Kier molecular flexibility index (Phi) is 6.01. The molecular weight excluding hydrogens is 268 g/mol. The molecule has 1 aromatic rings. The number of rotatable bonds is 8. The molecule has 1 atom stereocenters. The molecule has 1 rings (SSSR count). The van der Waals surface area contributed by atoms with Gasteiger partial charge < -0.3 is 9.47 Å². The summed E-state index contributed by atoms with van der Waals surface area (Å²) in [5.74, 6) is 0.513. The molecule has 0 radical (unpaired) electrons. The fourth-order valence-corrected chi connectivity index (χ4v) is 1.92. The summed E-state index contributed by atoms with van der Waals surface area (Å²) >= 11 is 0. The molecule has 6 heteroatoms. The number of hydrogen-bond acceptors (Lipinski definition) is 5. The second-order valence-corrected chi connectivity index (χ2v) is 5.54. The number of hydrogen-bond donors (Lipinski definition) is 0. The van der Waals surface area contributed by atoms with E-state index in [1.165, 1.54) is 7.11 Å². The van der Waals surface area contributed by atoms with Gasteiger partial charge in [-0.3, -0.25) is 0 Å². The molecule has 0 aliphatic carbocycles. The summed E-state index contributed by atoms with van der Waals surface area (Å²) in [7, 11) is -2.16. The molecule has 0 aromatic heterocycles. The van der Waals surface area contributed by atoms with Gasteiger partial charge in [0.2, 0.25) is 6.29 Å². The van der Waals surface area contributed by atoms with Crippen LogP contribution >= 0.6 is 0 Å². The van der Waals surface area contributed by atoms with Gasteiger partial charge in [-0.25, -0.2) is 4.18 Å². The molecule has 0 spiro atoms. The molecule has 5 nitrogen and oxygen atoms in total. The summed E-state index contributed by atoms with van der Waals surface area (Å²) in [5.41, 5.74) is 1.09. The summed E-state index contributed by atoms with van der Waals surface area (Å²) < 4.78 is 37.2. The summed E-state index contributed by atoms with van der Waals surface area (Å²) in [4.78, 5) is 0. The Morgan fingerprint density at radius 3 is 2.42 bits per heavy atom. The van der Waals surface area contributed by atoms with E-state index in [0.717, 1.165) is 18.2 Å². The van der Waals surface area contributed by atoms with E-state index in [2.05, 4.69) is 6.58 Å². The van der Waals surface area contributed by atoms with Crippen LogP contribution in [-0.2, 0) is 25.5 Å². The molecule has 0 saturated carbocycles. The van der Waals surface area contributed by atoms with Gasteiger partial charge in [0.05, 0.1) is 6.26 Å². The minimum absolute atomic E-state index is 0.0154. The lowest BCUT2D eigenvalue weighted by Gasteiger charge is -2.17. The molecular formula is C13H18O5S. The first-order valence-electron chi connectivity index (χ1n) is 5.68. The molecule has 0 saturated heterocycles. The van der Waals surface area contributed by atoms with E-state index in [4.69, 9.17) is 13.7 Å². The first kappa shape index (κ1) is 15.7. The van der Waals surface area contributed by atoms with Crippen molar-refractivity contribution in [3.63, 3.8) is 0 Å². The van der Waals surface area contributed by atoms with Crippen LogP contribution in [0.1, 0.15) is 5.56 Å². The van der Waals surface area contributed by atoms with E-state index >= 15 is 0 Å². The first-order chi connectivity index (χ1) is 8.94. The lowest BCUT2D eigenvalue weighted by molar-refractivity contribution is -0.0432. The van der Waals surface area contributed by atoms with Gasteiger partial charge in [-0.2, -0.15) is 8.42 Å². The van der Waals surface area contributed by atoms with E-state index in [1.807, 2.05) is 12.1 Å². The molecule has 0 heterocycles. The van der Waals surface area contributed by atoms with Crippen LogP contribution in [-0.4, -0.2) is 34.7 Å². The van der Waals surface area contributed by atoms with Gasteiger partial charge >= 0.3 is 0 Å². The highest BCUT2D eigenvalue weighted by molar-refractivity contribution is 7.86. The molecule has 106 valence electrons. The molecule has 1 aromatic carbocycles. The zero-order valence-electron chi connectivity index (χ0n) is 11.0. The van der Waals surface area contributed by atoms with Crippen LogP contribution < -0.4 is 4.74 Å². The van der Waals surface area contributed by atoms with Crippen molar-refractivity contribution >= 4 is 10.1 Å². The van der Waals surface area contributed by atoms with Gasteiger partial charge in [0.15, 0.2) is 0 Å². The molecule has 0 bridgehead atoms. The zero-order valence-corrected chi connectivity index (χ0v) is 11.9. The van der Waals surface area contributed by atoms with Crippen molar-refractivity contribution in [2.75, 3.05) is 20.0 Å². The summed E-state index contributed by atoms with van der Waals surface area (Å²) in [6.07, 6.45) is 2.54. The van der Waals surface area contributed by atoms with E-state index in [9.17, 15) is 8.42 Å². The third kappa shape index (κ3) is 6.37. The number of benzene rings is 1. The Morgan fingerprint density at radius 1 is 1.32 bits per heavy atom. The molecule has 0 N–H and O–H groups in total. The highest BCUT2D eigenvalue weighted by Crippen LogP contribution is 2.15. The Bertz CT molecular complexity index is 492. The standard InChI is InChI=1S/C13H18O5S/c1-4-5-11-6-8-12(9-7-11)17-13(10-16-2)18-19(3,14)15/h4,6-9,13H,1,5,10H2,2-3H3. The van der Waals surface area contributed by atoms with E-state index < -0.39 is 16.4 Å². The van der Waals surface area contributed by atoms with E-state index in [1.54, 1.807) is 18.2 Å². The minimum atomic E-state index is -3.60. The van der Waals surface area contributed by atoms with Gasteiger partial charge in [-0.05, 0) is 24.1 Å². The zero-order chi connectivity index (χ0) is 14.3. The monoisotopic (exact) mass is 286 g/mol. The Labute approximate surface area is 113 Å². The molecule has 19 heavy (non-hydrogen) atoms. The van der Waals surface area contributed by atoms with Crippen molar-refractivity contribution in [3.8, 4) is 5.75 Å². The highest BCUT2D eigenvalue weighted by Gasteiger charge is 2.17. The lowest BCUT2D eigenvalue weighted by Crippen LogP contribution is -2.28. The number of allylic oxidation sites excluding steroid dienone is 1. The van der Waals surface area contributed by atoms with Crippen molar-refractivity contribution < 1.29 is 22.1 Å². The summed E-state index contributed by atoms with van der Waals surface area (Å²) in [5, 5.41) is 0. The van der Waals surface area contributed by atoms with Gasteiger partial charge in [0.25, 0.3) is 10.1 Å². The highest BCUT2D eigenvalue weighted by atomic mass is 32.2. The number of ether oxygens (including phenoxy) is 2. The topological polar surface area (TPSA) is 61.8 Å². The smallest absolute Gasteiger partial charge is 0.267 e. The van der Waals surface area contributed by atoms with Gasteiger partial charge in [0.1, 0.15) is 12.4 Å².